The minimum Gasteiger partial charge on any atom is -0.309 e. The van der Waals surface area contributed by atoms with Gasteiger partial charge in [0.1, 0.15) is 0 Å². The Morgan fingerprint density at radius 2 is 2.10 bits per heavy atom. The zero-order valence-corrected chi connectivity index (χ0v) is 13.5. The van der Waals surface area contributed by atoms with Crippen molar-refractivity contribution in [1.29, 1.82) is 0 Å². The molecule has 5 heteroatoms. The second-order valence-corrected chi connectivity index (χ2v) is 5.72. The fourth-order valence-electron chi connectivity index (χ4n) is 2.20. The third-order valence-electron chi connectivity index (χ3n) is 3.80. The van der Waals surface area contributed by atoms with E-state index in [1.54, 1.807) is 18.2 Å². The van der Waals surface area contributed by atoms with Crippen molar-refractivity contribution in [2.24, 2.45) is 0 Å². The van der Waals surface area contributed by atoms with E-state index in [1.807, 2.05) is 6.07 Å². The van der Waals surface area contributed by atoms with Crippen molar-refractivity contribution in [3.63, 3.8) is 0 Å². The van der Waals surface area contributed by atoms with Crippen LogP contribution in [0.15, 0.2) is 24.3 Å². The van der Waals surface area contributed by atoms with Gasteiger partial charge in [-0.2, -0.15) is 0 Å². The van der Waals surface area contributed by atoms with Gasteiger partial charge in [0.25, 0.3) is 5.69 Å². The summed E-state index contributed by atoms with van der Waals surface area (Å²) < 4.78 is 0. The number of likely N-dealkylation sites (N-methyl/N-ethyl adjacent to an activating group) is 1. The second kappa shape index (κ2) is 8.74. The van der Waals surface area contributed by atoms with Crippen molar-refractivity contribution in [2.75, 3.05) is 20.1 Å². The van der Waals surface area contributed by atoms with Crippen molar-refractivity contribution in [3.05, 3.63) is 39.9 Å². The fourth-order valence-corrected chi connectivity index (χ4v) is 2.20. The SMILES string of the molecule is CCCC(NCCN(C)C(C)C)c1cccc([N+](=O)[O-])c1. The summed E-state index contributed by atoms with van der Waals surface area (Å²) in [5, 5.41) is 14.4. The normalized spacial score (nSPS) is 12.9. The zero-order valence-electron chi connectivity index (χ0n) is 13.5. The molecule has 0 amide bonds. The van der Waals surface area contributed by atoms with E-state index >= 15 is 0 Å². The van der Waals surface area contributed by atoms with E-state index in [0.717, 1.165) is 31.5 Å². The molecule has 5 nitrogen and oxygen atoms in total. The van der Waals surface area contributed by atoms with Gasteiger partial charge in [0.15, 0.2) is 0 Å². The van der Waals surface area contributed by atoms with Crippen LogP contribution in [0.25, 0.3) is 0 Å². The van der Waals surface area contributed by atoms with Crippen LogP contribution in [0.3, 0.4) is 0 Å². The molecule has 0 spiro atoms. The molecule has 1 aromatic carbocycles. The lowest BCUT2D eigenvalue weighted by atomic mass is 10.0. The number of nitrogens with one attached hydrogen (secondary N) is 1. The monoisotopic (exact) mass is 293 g/mol. The quantitative estimate of drug-likeness (QED) is 0.560. The van der Waals surface area contributed by atoms with Crippen molar-refractivity contribution in [1.82, 2.24) is 10.2 Å². The highest BCUT2D eigenvalue weighted by atomic mass is 16.6. The average molecular weight is 293 g/mol. The van der Waals surface area contributed by atoms with Gasteiger partial charge in [-0.3, -0.25) is 10.1 Å². The Bertz CT molecular complexity index is 449. The van der Waals surface area contributed by atoms with Crippen molar-refractivity contribution < 1.29 is 4.92 Å². The first-order valence-electron chi connectivity index (χ1n) is 7.63. The van der Waals surface area contributed by atoms with E-state index < -0.39 is 0 Å². The van der Waals surface area contributed by atoms with E-state index in [0.29, 0.717) is 6.04 Å². The van der Waals surface area contributed by atoms with E-state index in [1.165, 1.54) is 0 Å². The molecular formula is C16H27N3O2. The van der Waals surface area contributed by atoms with Gasteiger partial charge in [0.05, 0.1) is 4.92 Å². The summed E-state index contributed by atoms with van der Waals surface area (Å²) in [6.45, 7) is 8.31. The highest BCUT2D eigenvalue weighted by Gasteiger charge is 2.14. The number of rotatable bonds is 9. The summed E-state index contributed by atoms with van der Waals surface area (Å²) in [5.41, 5.74) is 1.16. The lowest BCUT2D eigenvalue weighted by Gasteiger charge is -2.24. The van der Waals surface area contributed by atoms with Gasteiger partial charge in [0.2, 0.25) is 0 Å². The first-order valence-corrected chi connectivity index (χ1v) is 7.63. The van der Waals surface area contributed by atoms with Crippen molar-refractivity contribution >= 4 is 5.69 Å². The number of nitrogens with zero attached hydrogens (tertiary/aromatic N) is 2. The maximum absolute atomic E-state index is 10.9. The van der Waals surface area contributed by atoms with E-state index in [2.05, 4.69) is 38.0 Å². The van der Waals surface area contributed by atoms with Gasteiger partial charge < -0.3 is 10.2 Å². The predicted molar refractivity (Wildman–Crippen MR) is 86.5 cm³/mol. The van der Waals surface area contributed by atoms with Gasteiger partial charge in [0, 0.05) is 37.3 Å². The van der Waals surface area contributed by atoms with E-state index in [-0.39, 0.29) is 16.7 Å². The molecule has 21 heavy (non-hydrogen) atoms. The zero-order chi connectivity index (χ0) is 15.8. The second-order valence-electron chi connectivity index (χ2n) is 5.72. The highest BCUT2D eigenvalue weighted by Crippen LogP contribution is 2.22. The molecule has 0 heterocycles. The van der Waals surface area contributed by atoms with Gasteiger partial charge >= 0.3 is 0 Å². The van der Waals surface area contributed by atoms with E-state index in [9.17, 15) is 10.1 Å². The van der Waals surface area contributed by atoms with Crippen LogP contribution in [-0.4, -0.2) is 36.0 Å². The van der Waals surface area contributed by atoms with Crippen LogP contribution in [-0.2, 0) is 0 Å². The molecule has 1 unspecified atom stereocenters. The summed E-state index contributed by atoms with van der Waals surface area (Å²) in [6.07, 6.45) is 2.02. The van der Waals surface area contributed by atoms with E-state index in [4.69, 9.17) is 0 Å². The maximum atomic E-state index is 10.9. The first-order chi connectivity index (χ1) is 9.95. The van der Waals surface area contributed by atoms with Crippen LogP contribution in [0.5, 0.6) is 0 Å². The molecule has 0 saturated heterocycles. The lowest BCUT2D eigenvalue weighted by molar-refractivity contribution is -0.384. The first kappa shape index (κ1) is 17.6. The van der Waals surface area contributed by atoms with Gasteiger partial charge in [-0.15, -0.1) is 0 Å². The maximum Gasteiger partial charge on any atom is 0.269 e. The van der Waals surface area contributed by atoms with Crippen molar-refractivity contribution in [3.8, 4) is 0 Å². The Morgan fingerprint density at radius 1 is 1.38 bits per heavy atom. The molecule has 118 valence electrons. The molecular weight excluding hydrogens is 266 g/mol. The number of hydrogen-bond donors (Lipinski definition) is 1. The van der Waals surface area contributed by atoms with Crippen LogP contribution >= 0.6 is 0 Å². The molecule has 0 aliphatic carbocycles. The minimum absolute atomic E-state index is 0.162. The third kappa shape index (κ3) is 5.81. The Hall–Kier alpha value is -1.46. The lowest BCUT2D eigenvalue weighted by Crippen LogP contribution is -2.35. The number of nitro groups is 1. The Kier molecular flexibility index (Phi) is 7.32. The summed E-state index contributed by atoms with van der Waals surface area (Å²) in [4.78, 5) is 12.8. The number of non-ortho nitro benzene ring substituents is 1. The van der Waals surface area contributed by atoms with Crippen molar-refractivity contribution in [2.45, 2.75) is 45.7 Å². The van der Waals surface area contributed by atoms with Crippen LogP contribution in [0.1, 0.15) is 45.2 Å². The Labute approximate surface area is 127 Å². The van der Waals surface area contributed by atoms with Gasteiger partial charge in [-0.1, -0.05) is 25.5 Å². The topological polar surface area (TPSA) is 58.4 Å². The summed E-state index contributed by atoms with van der Waals surface area (Å²) >= 11 is 0. The van der Waals surface area contributed by atoms with Gasteiger partial charge in [-0.25, -0.2) is 0 Å². The molecule has 1 N–H and O–H groups in total. The van der Waals surface area contributed by atoms with Crippen LogP contribution in [0, 0.1) is 10.1 Å². The average Bonchev–Trinajstić information content (AvgIpc) is 2.46. The Balaban J connectivity index is 2.68. The number of nitro benzene ring substituents is 1. The molecule has 1 rings (SSSR count). The molecule has 0 aliphatic rings. The smallest absolute Gasteiger partial charge is 0.269 e. The van der Waals surface area contributed by atoms with Crippen LogP contribution in [0.2, 0.25) is 0 Å². The molecule has 0 aromatic heterocycles. The van der Waals surface area contributed by atoms with Gasteiger partial charge in [-0.05, 0) is 32.9 Å². The molecule has 0 radical (unpaired) electrons. The summed E-state index contributed by atoms with van der Waals surface area (Å²) in [5.74, 6) is 0. The molecule has 0 fully saturated rings. The Morgan fingerprint density at radius 3 is 2.67 bits per heavy atom. The highest BCUT2D eigenvalue weighted by molar-refractivity contribution is 5.35. The van der Waals surface area contributed by atoms with Crippen LogP contribution in [0.4, 0.5) is 5.69 Å². The molecule has 0 bridgehead atoms. The largest absolute Gasteiger partial charge is 0.309 e. The summed E-state index contributed by atoms with van der Waals surface area (Å²) in [6, 6.07) is 7.65. The minimum atomic E-state index is -0.334. The molecule has 1 atom stereocenters. The third-order valence-corrected chi connectivity index (χ3v) is 3.80. The van der Waals surface area contributed by atoms with Crippen LogP contribution < -0.4 is 5.32 Å². The fraction of sp³-hybridized carbons (Fsp3) is 0.625. The molecule has 0 saturated carbocycles. The number of benzene rings is 1. The predicted octanol–water partition coefficient (Wildman–Crippen LogP) is 3.37. The molecule has 1 aromatic rings. The summed E-state index contributed by atoms with van der Waals surface area (Å²) in [7, 11) is 2.11. The number of hydrogen-bond acceptors (Lipinski definition) is 4. The standard InChI is InChI=1S/C16H27N3O2/c1-5-7-16(17-10-11-18(4)13(2)3)14-8-6-9-15(12-14)19(20)21/h6,8-9,12-13,16-17H,5,7,10-11H2,1-4H3. The molecule has 0 aliphatic heterocycles.